The number of nitrogens with zero attached hydrogens (tertiary/aromatic N) is 4. The first-order valence-corrected chi connectivity index (χ1v) is 7.10. The van der Waals surface area contributed by atoms with Gasteiger partial charge in [-0.2, -0.15) is 0 Å². The number of halogens is 1. The molecule has 0 fully saturated rings. The van der Waals surface area contributed by atoms with E-state index in [1.54, 1.807) is 6.33 Å². The quantitative estimate of drug-likeness (QED) is 0.446. The zero-order valence-corrected chi connectivity index (χ0v) is 15.5. The fourth-order valence-corrected chi connectivity index (χ4v) is 1.92. The van der Waals surface area contributed by atoms with Gasteiger partial charge in [-0.25, -0.2) is 4.99 Å². The first-order valence-electron chi connectivity index (χ1n) is 7.10. The highest BCUT2D eigenvalue weighted by molar-refractivity contribution is 14.0. The molecule has 0 aliphatic carbocycles. The molecule has 0 spiro atoms. The summed E-state index contributed by atoms with van der Waals surface area (Å²) in [6, 6.07) is 8.29. The van der Waals surface area contributed by atoms with Gasteiger partial charge in [0, 0.05) is 13.6 Å². The predicted octanol–water partition coefficient (Wildman–Crippen LogP) is 2.00. The number of hydrogen-bond donors (Lipinski definition) is 2. The van der Waals surface area contributed by atoms with Crippen molar-refractivity contribution in [2.45, 2.75) is 26.9 Å². The number of benzene rings is 1. The minimum absolute atomic E-state index is 0. The van der Waals surface area contributed by atoms with E-state index in [-0.39, 0.29) is 24.0 Å². The Bertz CT molecular complexity index is 608. The Morgan fingerprint density at radius 2 is 2.05 bits per heavy atom. The van der Waals surface area contributed by atoms with Crippen LogP contribution in [0.15, 0.2) is 35.6 Å². The Labute approximate surface area is 148 Å². The number of nitrogens with one attached hydrogen (secondary N) is 2. The van der Waals surface area contributed by atoms with Gasteiger partial charge in [0.2, 0.25) is 0 Å². The van der Waals surface area contributed by atoms with Crippen molar-refractivity contribution in [1.82, 2.24) is 25.4 Å². The Hall–Kier alpha value is -1.64. The zero-order chi connectivity index (χ0) is 15.1. The molecule has 120 valence electrons. The molecule has 0 bridgehead atoms. The van der Waals surface area contributed by atoms with Gasteiger partial charge in [-0.05, 0) is 25.0 Å². The number of aliphatic imine (C=N–C) groups is 1. The first-order chi connectivity index (χ1) is 10.2. The summed E-state index contributed by atoms with van der Waals surface area (Å²) < 4.78 is 1.89. The monoisotopic (exact) mass is 414 g/mol. The van der Waals surface area contributed by atoms with E-state index in [4.69, 9.17) is 0 Å². The molecule has 22 heavy (non-hydrogen) atoms. The smallest absolute Gasteiger partial charge is 0.191 e. The summed E-state index contributed by atoms with van der Waals surface area (Å²) in [6.07, 6.45) is 1.69. The average Bonchev–Trinajstić information content (AvgIpc) is 2.89. The van der Waals surface area contributed by atoms with Crippen molar-refractivity contribution in [3.63, 3.8) is 0 Å². The summed E-state index contributed by atoms with van der Waals surface area (Å²) in [5, 5.41) is 14.4. The molecule has 0 radical (unpaired) electrons. The average molecular weight is 414 g/mol. The largest absolute Gasteiger partial charge is 0.357 e. The van der Waals surface area contributed by atoms with Gasteiger partial charge < -0.3 is 15.2 Å². The molecule has 1 heterocycles. The van der Waals surface area contributed by atoms with Gasteiger partial charge in [-0.3, -0.25) is 0 Å². The van der Waals surface area contributed by atoms with Gasteiger partial charge in [0.15, 0.2) is 11.8 Å². The number of guanidine groups is 1. The minimum atomic E-state index is 0. The summed E-state index contributed by atoms with van der Waals surface area (Å²) in [4.78, 5) is 4.61. The van der Waals surface area contributed by atoms with Crippen LogP contribution in [0.3, 0.4) is 0 Å². The number of rotatable bonds is 5. The van der Waals surface area contributed by atoms with Gasteiger partial charge in [0.05, 0.1) is 13.1 Å². The van der Waals surface area contributed by atoms with Crippen LogP contribution in [-0.4, -0.2) is 27.3 Å². The second kappa shape index (κ2) is 9.39. The molecule has 0 unspecified atom stereocenters. The highest BCUT2D eigenvalue weighted by Crippen LogP contribution is 2.07. The van der Waals surface area contributed by atoms with Crippen molar-refractivity contribution < 1.29 is 0 Å². The molecule has 7 heteroatoms. The van der Waals surface area contributed by atoms with E-state index in [2.05, 4.69) is 44.9 Å². The Balaban J connectivity index is 0.00000242. The molecule has 6 nitrogen and oxygen atoms in total. The molecule has 0 aliphatic heterocycles. The Morgan fingerprint density at radius 3 is 2.68 bits per heavy atom. The lowest BCUT2D eigenvalue weighted by Gasteiger charge is -2.11. The molecule has 1 aromatic heterocycles. The van der Waals surface area contributed by atoms with Crippen LogP contribution in [0.2, 0.25) is 0 Å². The third-order valence-electron chi connectivity index (χ3n) is 3.23. The summed E-state index contributed by atoms with van der Waals surface area (Å²) in [5.41, 5.74) is 2.48. The summed E-state index contributed by atoms with van der Waals surface area (Å²) in [7, 11) is 1.93. The summed E-state index contributed by atoms with van der Waals surface area (Å²) in [5.74, 6) is 1.65. The molecule has 2 N–H and O–H groups in total. The van der Waals surface area contributed by atoms with Crippen LogP contribution >= 0.6 is 24.0 Å². The van der Waals surface area contributed by atoms with E-state index in [9.17, 15) is 0 Å². The van der Waals surface area contributed by atoms with E-state index in [0.717, 1.165) is 18.3 Å². The third kappa shape index (κ3) is 5.28. The van der Waals surface area contributed by atoms with Crippen LogP contribution in [0.4, 0.5) is 0 Å². The van der Waals surface area contributed by atoms with Gasteiger partial charge in [-0.1, -0.05) is 24.3 Å². The van der Waals surface area contributed by atoms with Gasteiger partial charge >= 0.3 is 0 Å². The molecular formula is C15H23IN6. The standard InChI is InChI=1S/C15H22N6.HI/c1-4-16-15(18-10-14-20-19-11-21(14)3)17-9-13-8-6-5-7-12(13)2;/h5-8,11H,4,9-10H2,1-3H3,(H2,16,17,18);1H. The minimum Gasteiger partial charge on any atom is -0.357 e. The maximum atomic E-state index is 4.61. The molecule has 0 aliphatic rings. The maximum Gasteiger partial charge on any atom is 0.191 e. The maximum absolute atomic E-state index is 4.61. The van der Waals surface area contributed by atoms with Gasteiger partial charge in [0.1, 0.15) is 6.33 Å². The molecule has 2 aromatic rings. The molecule has 0 amide bonds. The van der Waals surface area contributed by atoms with Crippen LogP contribution in [0.1, 0.15) is 23.9 Å². The van der Waals surface area contributed by atoms with Gasteiger partial charge in [-0.15, -0.1) is 34.2 Å². The predicted molar refractivity (Wildman–Crippen MR) is 99.3 cm³/mol. The van der Waals surface area contributed by atoms with Crippen LogP contribution < -0.4 is 10.6 Å². The van der Waals surface area contributed by atoms with Crippen molar-refractivity contribution in [3.8, 4) is 0 Å². The SMILES string of the molecule is CCNC(=NCc1ccccc1C)NCc1nncn1C.I. The lowest BCUT2D eigenvalue weighted by atomic mass is 10.1. The summed E-state index contributed by atoms with van der Waals surface area (Å²) in [6.45, 7) is 6.22. The summed E-state index contributed by atoms with van der Waals surface area (Å²) >= 11 is 0. The lowest BCUT2D eigenvalue weighted by molar-refractivity contribution is 0.726. The van der Waals surface area contributed by atoms with Crippen molar-refractivity contribution in [2.75, 3.05) is 6.54 Å². The topological polar surface area (TPSA) is 67.1 Å². The number of hydrogen-bond acceptors (Lipinski definition) is 3. The fourth-order valence-electron chi connectivity index (χ4n) is 1.92. The van der Waals surface area contributed by atoms with Crippen LogP contribution in [0, 0.1) is 6.92 Å². The fraction of sp³-hybridized carbons (Fsp3) is 0.400. The highest BCUT2D eigenvalue weighted by atomic mass is 127. The zero-order valence-electron chi connectivity index (χ0n) is 13.2. The highest BCUT2D eigenvalue weighted by Gasteiger charge is 2.03. The molecule has 0 saturated heterocycles. The van der Waals surface area contributed by atoms with E-state index in [1.165, 1.54) is 11.1 Å². The molecular weight excluding hydrogens is 391 g/mol. The molecule has 0 saturated carbocycles. The second-order valence-electron chi connectivity index (χ2n) is 4.83. The Kier molecular flexibility index (Phi) is 7.86. The van der Waals surface area contributed by atoms with Crippen molar-refractivity contribution in [1.29, 1.82) is 0 Å². The first kappa shape index (κ1) is 18.4. The Morgan fingerprint density at radius 1 is 1.27 bits per heavy atom. The van der Waals surface area contributed by atoms with Crippen molar-refractivity contribution >= 4 is 29.9 Å². The molecule has 2 rings (SSSR count). The van der Waals surface area contributed by atoms with E-state index < -0.39 is 0 Å². The number of aromatic nitrogens is 3. The van der Waals surface area contributed by atoms with E-state index in [0.29, 0.717) is 13.1 Å². The van der Waals surface area contributed by atoms with Crippen LogP contribution in [-0.2, 0) is 20.1 Å². The van der Waals surface area contributed by atoms with E-state index in [1.807, 2.05) is 30.7 Å². The van der Waals surface area contributed by atoms with Gasteiger partial charge in [0.25, 0.3) is 0 Å². The van der Waals surface area contributed by atoms with Crippen molar-refractivity contribution in [3.05, 3.63) is 47.5 Å². The molecule has 1 aromatic carbocycles. The normalized spacial score (nSPS) is 11.0. The second-order valence-corrected chi connectivity index (χ2v) is 4.83. The number of aryl methyl sites for hydroxylation is 2. The van der Waals surface area contributed by atoms with E-state index >= 15 is 0 Å². The lowest BCUT2D eigenvalue weighted by Crippen LogP contribution is -2.37. The molecule has 0 atom stereocenters. The van der Waals surface area contributed by atoms with Crippen molar-refractivity contribution in [2.24, 2.45) is 12.0 Å². The third-order valence-corrected chi connectivity index (χ3v) is 3.23. The van der Waals surface area contributed by atoms with Crippen LogP contribution in [0.5, 0.6) is 0 Å². The van der Waals surface area contributed by atoms with Crippen LogP contribution in [0.25, 0.3) is 0 Å².